The van der Waals surface area contributed by atoms with Crippen molar-refractivity contribution in [3.05, 3.63) is 65.7 Å². The zero-order chi connectivity index (χ0) is 18.1. The van der Waals surface area contributed by atoms with Crippen molar-refractivity contribution in [2.45, 2.75) is 19.5 Å². The largest absolute Gasteiger partial charge is 0.332 e. The van der Waals surface area contributed by atoms with Crippen molar-refractivity contribution >= 4 is 16.9 Å². The number of aromatic nitrogens is 2. The van der Waals surface area contributed by atoms with Gasteiger partial charge in [0.15, 0.2) is 0 Å². The Kier molecular flexibility index (Phi) is 4.42. The Labute approximate surface area is 151 Å². The van der Waals surface area contributed by atoms with Crippen molar-refractivity contribution in [3.63, 3.8) is 0 Å². The second-order valence-electron chi connectivity index (χ2n) is 6.60. The Morgan fingerprint density at radius 2 is 2.12 bits per heavy atom. The van der Waals surface area contributed by atoms with Gasteiger partial charge in [0.25, 0.3) is 0 Å². The summed E-state index contributed by atoms with van der Waals surface area (Å²) in [7, 11) is 0. The minimum atomic E-state index is -0.281. The Hall–Kier alpha value is -2.73. The quantitative estimate of drug-likeness (QED) is 0.788. The standard InChI is InChI=1S/C20H21FN4O/c1-14-23-17-7-2-3-8-18(17)25(14)13-20(26)24-10-9-22-12-19(24)15-5-4-6-16(21)11-15/h2-8,11,19,22H,9-10,12-13H2,1H3. The number of fused-ring (bicyclic) bond motifs is 1. The smallest absolute Gasteiger partial charge is 0.243 e. The molecule has 1 saturated heterocycles. The molecule has 0 spiro atoms. The molecule has 1 N–H and O–H groups in total. The van der Waals surface area contributed by atoms with E-state index in [0.29, 0.717) is 13.1 Å². The SMILES string of the molecule is Cc1nc2ccccc2n1CC(=O)N1CCNCC1c1cccc(F)c1. The van der Waals surface area contributed by atoms with Gasteiger partial charge in [-0.1, -0.05) is 24.3 Å². The van der Waals surface area contributed by atoms with Crippen LogP contribution in [-0.2, 0) is 11.3 Å². The summed E-state index contributed by atoms with van der Waals surface area (Å²) in [5.74, 6) is 0.556. The first-order valence-electron chi connectivity index (χ1n) is 8.81. The van der Waals surface area contributed by atoms with Gasteiger partial charge in [0.1, 0.15) is 18.2 Å². The maximum absolute atomic E-state index is 13.6. The van der Waals surface area contributed by atoms with E-state index >= 15 is 0 Å². The molecule has 1 aliphatic heterocycles. The lowest BCUT2D eigenvalue weighted by atomic mass is 10.0. The van der Waals surface area contributed by atoms with E-state index in [1.54, 1.807) is 6.07 Å². The van der Waals surface area contributed by atoms with Gasteiger partial charge in [0.2, 0.25) is 5.91 Å². The molecule has 1 fully saturated rings. The fourth-order valence-corrected chi connectivity index (χ4v) is 3.64. The summed E-state index contributed by atoms with van der Waals surface area (Å²) in [6, 6.07) is 14.1. The van der Waals surface area contributed by atoms with Crippen LogP contribution in [0.5, 0.6) is 0 Å². The van der Waals surface area contributed by atoms with Crippen LogP contribution in [0.25, 0.3) is 11.0 Å². The van der Waals surface area contributed by atoms with Crippen molar-refractivity contribution in [2.75, 3.05) is 19.6 Å². The molecular formula is C20H21FN4O. The Morgan fingerprint density at radius 3 is 2.96 bits per heavy atom. The average Bonchev–Trinajstić information content (AvgIpc) is 2.97. The summed E-state index contributed by atoms with van der Waals surface area (Å²) in [4.78, 5) is 19.5. The highest BCUT2D eigenvalue weighted by molar-refractivity contribution is 5.81. The van der Waals surface area contributed by atoms with Crippen LogP contribution in [0.2, 0.25) is 0 Å². The minimum Gasteiger partial charge on any atom is -0.332 e. The third-order valence-corrected chi connectivity index (χ3v) is 4.94. The third-order valence-electron chi connectivity index (χ3n) is 4.94. The fourth-order valence-electron chi connectivity index (χ4n) is 3.64. The van der Waals surface area contributed by atoms with Gasteiger partial charge in [-0.2, -0.15) is 0 Å². The predicted molar refractivity (Wildman–Crippen MR) is 98.2 cm³/mol. The van der Waals surface area contributed by atoms with Gasteiger partial charge >= 0.3 is 0 Å². The van der Waals surface area contributed by atoms with Crippen LogP contribution in [0.4, 0.5) is 4.39 Å². The van der Waals surface area contributed by atoms with E-state index in [1.165, 1.54) is 12.1 Å². The number of hydrogen-bond acceptors (Lipinski definition) is 3. The van der Waals surface area contributed by atoms with E-state index < -0.39 is 0 Å². The molecule has 1 aliphatic rings. The first-order chi connectivity index (χ1) is 12.6. The van der Waals surface area contributed by atoms with Crippen LogP contribution < -0.4 is 5.32 Å². The molecule has 2 aromatic carbocycles. The number of amides is 1. The van der Waals surface area contributed by atoms with Crippen molar-refractivity contribution in [3.8, 4) is 0 Å². The Bertz CT molecular complexity index is 952. The maximum Gasteiger partial charge on any atom is 0.243 e. The average molecular weight is 352 g/mol. The number of para-hydroxylation sites is 2. The number of hydrogen-bond donors (Lipinski definition) is 1. The molecule has 1 unspecified atom stereocenters. The first-order valence-corrected chi connectivity index (χ1v) is 8.81. The molecule has 26 heavy (non-hydrogen) atoms. The lowest BCUT2D eigenvalue weighted by molar-refractivity contribution is -0.135. The van der Waals surface area contributed by atoms with Gasteiger partial charge in [-0.15, -0.1) is 0 Å². The normalized spacial score (nSPS) is 17.6. The summed E-state index contributed by atoms with van der Waals surface area (Å²) < 4.78 is 15.6. The lowest BCUT2D eigenvalue weighted by Crippen LogP contribution is -2.49. The first kappa shape index (κ1) is 16.7. The number of imidazole rings is 1. The summed E-state index contributed by atoms with van der Waals surface area (Å²) in [5, 5.41) is 3.30. The number of piperazine rings is 1. The Morgan fingerprint density at radius 1 is 1.27 bits per heavy atom. The lowest BCUT2D eigenvalue weighted by Gasteiger charge is -2.36. The molecule has 3 aromatic rings. The van der Waals surface area contributed by atoms with Crippen LogP contribution in [-0.4, -0.2) is 40.0 Å². The van der Waals surface area contributed by atoms with Crippen LogP contribution in [0, 0.1) is 12.7 Å². The van der Waals surface area contributed by atoms with E-state index in [-0.39, 0.29) is 24.3 Å². The molecule has 5 nitrogen and oxygen atoms in total. The van der Waals surface area contributed by atoms with Crippen molar-refractivity contribution in [2.24, 2.45) is 0 Å². The number of halogens is 1. The summed E-state index contributed by atoms with van der Waals surface area (Å²) in [6.07, 6.45) is 0. The van der Waals surface area contributed by atoms with E-state index in [0.717, 1.165) is 29.0 Å². The highest BCUT2D eigenvalue weighted by Crippen LogP contribution is 2.24. The highest BCUT2D eigenvalue weighted by atomic mass is 19.1. The molecule has 1 aromatic heterocycles. The molecular weight excluding hydrogens is 331 g/mol. The second kappa shape index (κ2) is 6.88. The number of nitrogens with one attached hydrogen (secondary N) is 1. The number of carbonyl (C=O) groups is 1. The van der Waals surface area contributed by atoms with Crippen LogP contribution in [0.3, 0.4) is 0 Å². The van der Waals surface area contributed by atoms with Gasteiger partial charge in [-0.25, -0.2) is 9.37 Å². The van der Waals surface area contributed by atoms with Crippen LogP contribution >= 0.6 is 0 Å². The summed E-state index contributed by atoms with van der Waals surface area (Å²) in [5.41, 5.74) is 2.66. The van der Waals surface area contributed by atoms with Gasteiger partial charge in [-0.05, 0) is 36.8 Å². The molecule has 2 heterocycles. The molecule has 1 amide bonds. The molecule has 0 aliphatic carbocycles. The second-order valence-corrected chi connectivity index (χ2v) is 6.60. The number of nitrogens with zero attached hydrogens (tertiary/aromatic N) is 3. The molecule has 0 saturated carbocycles. The van der Waals surface area contributed by atoms with Crippen LogP contribution in [0.1, 0.15) is 17.4 Å². The molecule has 134 valence electrons. The van der Waals surface area contributed by atoms with Gasteiger partial charge in [0.05, 0.1) is 17.1 Å². The predicted octanol–water partition coefficient (Wildman–Crippen LogP) is 2.66. The van der Waals surface area contributed by atoms with Gasteiger partial charge < -0.3 is 14.8 Å². The highest BCUT2D eigenvalue weighted by Gasteiger charge is 2.28. The topological polar surface area (TPSA) is 50.2 Å². The van der Waals surface area contributed by atoms with Crippen molar-refractivity contribution in [1.82, 2.24) is 19.8 Å². The minimum absolute atomic E-state index is 0.0204. The number of benzene rings is 2. The molecule has 0 radical (unpaired) electrons. The maximum atomic E-state index is 13.6. The molecule has 1 atom stereocenters. The summed E-state index contributed by atoms with van der Waals surface area (Å²) in [6.45, 7) is 4.11. The number of aryl methyl sites for hydroxylation is 1. The fraction of sp³-hybridized carbons (Fsp3) is 0.300. The van der Waals surface area contributed by atoms with Gasteiger partial charge in [0, 0.05) is 19.6 Å². The Balaban J connectivity index is 1.62. The van der Waals surface area contributed by atoms with Crippen LogP contribution in [0.15, 0.2) is 48.5 Å². The van der Waals surface area contributed by atoms with E-state index in [2.05, 4.69) is 10.3 Å². The van der Waals surface area contributed by atoms with Crippen molar-refractivity contribution < 1.29 is 9.18 Å². The molecule has 6 heteroatoms. The molecule has 4 rings (SSSR count). The number of carbonyl (C=O) groups excluding carboxylic acids is 1. The zero-order valence-electron chi connectivity index (χ0n) is 14.7. The van der Waals surface area contributed by atoms with E-state index in [4.69, 9.17) is 0 Å². The van der Waals surface area contributed by atoms with E-state index in [9.17, 15) is 9.18 Å². The molecule has 0 bridgehead atoms. The zero-order valence-corrected chi connectivity index (χ0v) is 14.7. The number of rotatable bonds is 3. The van der Waals surface area contributed by atoms with Crippen molar-refractivity contribution in [1.29, 1.82) is 0 Å². The third kappa shape index (κ3) is 3.08. The van der Waals surface area contributed by atoms with E-state index in [1.807, 2.05) is 46.7 Å². The monoisotopic (exact) mass is 352 g/mol. The van der Waals surface area contributed by atoms with Gasteiger partial charge in [-0.3, -0.25) is 4.79 Å². The summed E-state index contributed by atoms with van der Waals surface area (Å²) >= 11 is 0.